The lowest BCUT2D eigenvalue weighted by molar-refractivity contribution is 0.0744. The van der Waals surface area contributed by atoms with Crippen LogP contribution in [0.3, 0.4) is 0 Å². The summed E-state index contributed by atoms with van der Waals surface area (Å²) in [6.45, 7) is 9.22. The van der Waals surface area contributed by atoms with E-state index in [-0.39, 0.29) is 11.9 Å². The summed E-state index contributed by atoms with van der Waals surface area (Å²) in [5.74, 6) is 1.08. The number of amides is 1. The molecule has 0 radical (unpaired) electrons. The smallest absolute Gasteiger partial charge is 0.256 e. The molecule has 0 bridgehead atoms. The minimum atomic E-state index is 0.174. The fourth-order valence-corrected chi connectivity index (χ4v) is 4.39. The van der Waals surface area contributed by atoms with E-state index >= 15 is 0 Å². The van der Waals surface area contributed by atoms with Gasteiger partial charge in [0, 0.05) is 38.8 Å². The molecule has 0 saturated carbocycles. The predicted octanol–water partition coefficient (Wildman–Crippen LogP) is 3.60. The number of nitrogens with zero attached hydrogens (tertiary/aromatic N) is 3. The van der Waals surface area contributed by atoms with Crippen LogP contribution in [0.2, 0.25) is 0 Å². The monoisotopic (exact) mass is 393 g/mol. The van der Waals surface area contributed by atoms with Gasteiger partial charge in [0.15, 0.2) is 0 Å². The van der Waals surface area contributed by atoms with Gasteiger partial charge in [-0.05, 0) is 56.6 Å². The van der Waals surface area contributed by atoms with Crippen molar-refractivity contribution in [2.45, 2.75) is 26.3 Å². The Labute approximate surface area is 173 Å². The van der Waals surface area contributed by atoms with E-state index in [0.29, 0.717) is 6.61 Å². The van der Waals surface area contributed by atoms with Crippen molar-refractivity contribution < 1.29 is 9.53 Å². The lowest BCUT2D eigenvalue weighted by Crippen LogP contribution is -2.40. The third-order valence-electron chi connectivity index (χ3n) is 6.30. The summed E-state index contributed by atoms with van der Waals surface area (Å²) in [5, 5.41) is 0. The zero-order valence-electron chi connectivity index (χ0n) is 17.7. The maximum atomic E-state index is 13.2. The Hall–Kier alpha value is -2.53. The quantitative estimate of drug-likeness (QED) is 0.720. The third kappa shape index (κ3) is 3.97. The molecule has 5 nitrogen and oxygen atoms in total. The largest absolute Gasteiger partial charge is 0.494 e. The molecule has 0 fully saturated rings. The Balaban J connectivity index is 1.40. The Morgan fingerprint density at radius 3 is 2.66 bits per heavy atom. The highest BCUT2D eigenvalue weighted by Crippen LogP contribution is 2.34. The van der Waals surface area contributed by atoms with Crippen LogP contribution >= 0.6 is 0 Å². The summed E-state index contributed by atoms with van der Waals surface area (Å²) in [6, 6.07) is 14.8. The van der Waals surface area contributed by atoms with Crippen LogP contribution in [0.1, 0.15) is 41.4 Å². The number of hydrogen-bond acceptors (Lipinski definition) is 4. The van der Waals surface area contributed by atoms with Crippen LogP contribution in [0, 0.1) is 0 Å². The first kappa shape index (κ1) is 19.8. The number of hydrogen-bond donors (Lipinski definition) is 0. The molecule has 0 saturated heterocycles. The highest BCUT2D eigenvalue weighted by Gasteiger charge is 2.31. The van der Waals surface area contributed by atoms with Gasteiger partial charge in [-0.25, -0.2) is 0 Å². The number of anilines is 1. The fourth-order valence-electron chi connectivity index (χ4n) is 4.39. The SMILES string of the molecule is CCOc1ccc(C(C)N(C)CCN2CCN3CCc4cccc(c43)C2=O)cc1. The van der Waals surface area contributed by atoms with Crippen LogP contribution in [0.15, 0.2) is 42.5 Å². The molecule has 2 aromatic rings. The van der Waals surface area contributed by atoms with E-state index in [4.69, 9.17) is 4.74 Å². The molecule has 2 heterocycles. The molecule has 0 N–H and O–H groups in total. The first-order chi connectivity index (χ1) is 14.1. The first-order valence-electron chi connectivity index (χ1n) is 10.7. The summed E-state index contributed by atoms with van der Waals surface area (Å²) in [5.41, 5.74) is 4.63. The summed E-state index contributed by atoms with van der Waals surface area (Å²) < 4.78 is 5.54. The van der Waals surface area contributed by atoms with E-state index in [0.717, 1.165) is 50.5 Å². The average Bonchev–Trinajstić information content (AvgIpc) is 3.10. The van der Waals surface area contributed by atoms with Crippen molar-refractivity contribution in [3.63, 3.8) is 0 Å². The van der Waals surface area contributed by atoms with Gasteiger partial charge in [-0.2, -0.15) is 0 Å². The average molecular weight is 394 g/mol. The van der Waals surface area contributed by atoms with Crippen LogP contribution in [-0.2, 0) is 6.42 Å². The van der Waals surface area contributed by atoms with Crippen LogP contribution < -0.4 is 9.64 Å². The number of benzene rings is 2. The molecule has 2 aromatic carbocycles. The molecule has 0 aliphatic carbocycles. The van der Waals surface area contributed by atoms with Gasteiger partial charge in [0.2, 0.25) is 0 Å². The number of likely N-dealkylation sites (N-methyl/N-ethyl adjacent to an activating group) is 1. The molecule has 1 amide bonds. The van der Waals surface area contributed by atoms with Gasteiger partial charge in [-0.3, -0.25) is 9.69 Å². The second-order valence-corrected chi connectivity index (χ2v) is 8.00. The van der Waals surface area contributed by atoms with Crippen molar-refractivity contribution in [2.24, 2.45) is 0 Å². The van der Waals surface area contributed by atoms with Crippen molar-refractivity contribution in [1.82, 2.24) is 9.80 Å². The topological polar surface area (TPSA) is 36.0 Å². The standard InChI is InChI=1S/C24H31N3O2/c1-4-29-21-10-8-19(9-11-21)18(2)25(3)14-15-27-17-16-26-13-12-20-6-5-7-22(23(20)26)24(27)28/h5-11,18H,4,12-17H2,1-3H3. The minimum absolute atomic E-state index is 0.174. The molecule has 2 aliphatic rings. The van der Waals surface area contributed by atoms with Crippen molar-refractivity contribution >= 4 is 11.6 Å². The first-order valence-corrected chi connectivity index (χ1v) is 10.7. The highest BCUT2D eigenvalue weighted by atomic mass is 16.5. The van der Waals surface area contributed by atoms with Gasteiger partial charge in [-0.1, -0.05) is 24.3 Å². The molecule has 1 unspecified atom stereocenters. The third-order valence-corrected chi connectivity index (χ3v) is 6.30. The van der Waals surface area contributed by atoms with Crippen molar-refractivity contribution in [3.05, 3.63) is 59.2 Å². The zero-order chi connectivity index (χ0) is 20.4. The summed E-state index contributed by atoms with van der Waals surface area (Å²) in [6.07, 6.45) is 1.05. The molecule has 0 aromatic heterocycles. The van der Waals surface area contributed by atoms with Gasteiger partial charge < -0.3 is 14.5 Å². The molecular weight excluding hydrogens is 362 g/mol. The van der Waals surface area contributed by atoms with Gasteiger partial charge in [0.25, 0.3) is 5.91 Å². The molecule has 1 atom stereocenters. The van der Waals surface area contributed by atoms with Gasteiger partial charge in [0.1, 0.15) is 5.75 Å². The number of para-hydroxylation sites is 1. The van der Waals surface area contributed by atoms with E-state index in [2.05, 4.69) is 42.0 Å². The van der Waals surface area contributed by atoms with Crippen LogP contribution in [0.5, 0.6) is 5.75 Å². The maximum Gasteiger partial charge on any atom is 0.256 e. The van der Waals surface area contributed by atoms with Gasteiger partial charge in [0.05, 0.1) is 17.9 Å². The molecule has 0 spiro atoms. The molecule has 5 heteroatoms. The predicted molar refractivity (Wildman–Crippen MR) is 117 cm³/mol. The van der Waals surface area contributed by atoms with E-state index < -0.39 is 0 Å². The highest BCUT2D eigenvalue weighted by molar-refractivity contribution is 6.01. The zero-order valence-corrected chi connectivity index (χ0v) is 17.7. The van der Waals surface area contributed by atoms with Gasteiger partial charge in [-0.15, -0.1) is 0 Å². The molecule has 154 valence electrons. The second kappa shape index (κ2) is 8.46. The Kier molecular flexibility index (Phi) is 5.76. The van der Waals surface area contributed by atoms with Crippen molar-refractivity contribution in [1.29, 1.82) is 0 Å². The lowest BCUT2D eigenvalue weighted by Gasteiger charge is -2.29. The minimum Gasteiger partial charge on any atom is -0.494 e. The van der Waals surface area contributed by atoms with E-state index in [1.165, 1.54) is 16.8 Å². The Bertz CT molecular complexity index is 865. The molecule has 2 aliphatic heterocycles. The number of rotatable bonds is 7. The van der Waals surface area contributed by atoms with Crippen LogP contribution in [-0.4, -0.2) is 62.1 Å². The number of carbonyl (C=O) groups is 1. The number of ether oxygens (including phenoxy) is 1. The summed E-state index contributed by atoms with van der Waals surface area (Å²) in [7, 11) is 2.13. The van der Waals surface area contributed by atoms with Crippen molar-refractivity contribution in [3.8, 4) is 5.75 Å². The van der Waals surface area contributed by atoms with E-state index in [1.807, 2.05) is 36.1 Å². The summed E-state index contributed by atoms with van der Waals surface area (Å²) in [4.78, 5) is 19.9. The molecular formula is C24H31N3O2. The molecule has 29 heavy (non-hydrogen) atoms. The normalized spacial score (nSPS) is 16.8. The second-order valence-electron chi connectivity index (χ2n) is 8.00. The fraction of sp³-hybridized carbons (Fsp3) is 0.458. The Morgan fingerprint density at radius 1 is 1.10 bits per heavy atom. The van der Waals surface area contributed by atoms with Crippen molar-refractivity contribution in [2.75, 3.05) is 51.3 Å². The Morgan fingerprint density at radius 2 is 1.90 bits per heavy atom. The molecule has 4 rings (SSSR count). The van der Waals surface area contributed by atoms with Gasteiger partial charge >= 0.3 is 0 Å². The van der Waals surface area contributed by atoms with E-state index in [9.17, 15) is 4.79 Å². The van der Waals surface area contributed by atoms with Crippen LogP contribution in [0.4, 0.5) is 5.69 Å². The maximum absolute atomic E-state index is 13.2. The lowest BCUT2D eigenvalue weighted by atomic mass is 10.1. The van der Waals surface area contributed by atoms with E-state index in [1.54, 1.807) is 0 Å². The van der Waals surface area contributed by atoms with Crippen LogP contribution in [0.25, 0.3) is 0 Å². The number of carbonyl (C=O) groups excluding carboxylic acids is 1. The summed E-state index contributed by atoms with van der Waals surface area (Å²) >= 11 is 0.